The third-order valence-corrected chi connectivity index (χ3v) is 4.79. The number of amides is 1. The van der Waals surface area contributed by atoms with Gasteiger partial charge in [-0.1, -0.05) is 24.3 Å². The standard InChI is InChI=1S/C19H16F3N3OS/c20-19(21,22)13-27-17-5-2-1-4-16(17)24-18(26)15-8-6-14(7-9-15)12-25-11-3-10-23-25/h1-11H,12-13H2,(H,24,26). The lowest BCUT2D eigenvalue weighted by Crippen LogP contribution is -2.14. The fourth-order valence-electron chi connectivity index (χ4n) is 2.39. The normalized spacial score (nSPS) is 11.4. The SMILES string of the molecule is O=C(Nc1ccccc1SCC(F)(F)F)c1ccc(Cn2cccn2)cc1. The van der Waals surface area contributed by atoms with Gasteiger partial charge in [0.05, 0.1) is 18.0 Å². The smallest absolute Gasteiger partial charge is 0.321 e. The summed E-state index contributed by atoms with van der Waals surface area (Å²) in [6.07, 6.45) is -0.738. The summed E-state index contributed by atoms with van der Waals surface area (Å²) < 4.78 is 39.1. The molecule has 0 radical (unpaired) electrons. The van der Waals surface area contributed by atoms with E-state index in [1.54, 1.807) is 47.3 Å². The van der Waals surface area contributed by atoms with Gasteiger partial charge in [0.1, 0.15) is 0 Å². The molecule has 0 atom stereocenters. The monoisotopic (exact) mass is 391 g/mol. The van der Waals surface area contributed by atoms with Crippen LogP contribution in [0.4, 0.5) is 18.9 Å². The average molecular weight is 391 g/mol. The van der Waals surface area contributed by atoms with Gasteiger partial charge in [-0.15, -0.1) is 11.8 Å². The molecule has 27 heavy (non-hydrogen) atoms. The van der Waals surface area contributed by atoms with Crippen LogP contribution in [0.3, 0.4) is 0 Å². The molecule has 2 aromatic carbocycles. The average Bonchev–Trinajstić information content (AvgIpc) is 3.14. The number of halogens is 3. The fourth-order valence-corrected chi connectivity index (χ4v) is 3.16. The van der Waals surface area contributed by atoms with E-state index in [1.807, 2.05) is 24.4 Å². The van der Waals surface area contributed by atoms with Gasteiger partial charge >= 0.3 is 6.18 Å². The van der Waals surface area contributed by atoms with Crippen LogP contribution in [0.15, 0.2) is 71.9 Å². The summed E-state index contributed by atoms with van der Waals surface area (Å²) in [7, 11) is 0. The van der Waals surface area contributed by atoms with Gasteiger partial charge in [0.25, 0.3) is 5.91 Å². The number of carbonyl (C=O) groups excluding carboxylic acids is 1. The van der Waals surface area contributed by atoms with Gasteiger partial charge < -0.3 is 5.32 Å². The molecule has 8 heteroatoms. The van der Waals surface area contributed by atoms with Crippen molar-refractivity contribution >= 4 is 23.4 Å². The Morgan fingerprint density at radius 3 is 2.48 bits per heavy atom. The molecule has 3 aromatic rings. The zero-order valence-corrected chi connectivity index (χ0v) is 14.9. The van der Waals surface area contributed by atoms with Crippen molar-refractivity contribution in [3.8, 4) is 0 Å². The van der Waals surface area contributed by atoms with Gasteiger partial charge in [0, 0.05) is 22.9 Å². The van der Waals surface area contributed by atoms with Crippen LogP contribution in [-0.2, 0) is 6.54 Å². The van der Waals surface area contributed by atoms with E-state index in [0.717, 1.165) is 5.56 Å². The lowest BCUT2D eigenvalue weighted by molar-refractivity contribution is -0.105. The molecule has 0 spiro atoms. The molecule has 1 heterocycles. The van der Waals surface area contributed by atoms with Crippen molar-refractivity contribution in [2.45, 2.75) is 17.6 Å². The Bertz CT molecular complexity index is 893. The van der Waals surface area contributed by atoms with Crippen molar-refractivity contribution in [1.29, 1.82) is 0 Å². The molecule has 140 valence electrons. The number of thioether (sulfide) groups is 1. The van der Waals surface area contributed by atoms with Crippen LogP contribution in [0.5, 0.6) is 0 Å². The van der Waals surface area contributed by atoms with E-state index in [4.69, 9.17) is 0 Å². The van der Waals surface area contributed by atoms with Gasteiger partial charge in [-0.05, 0) is 35.9 Å². The number of nitrogens with one attached hydrogen (secondary N) is 1. The third-order valence-electron chi connectivity index (χ3n) is 3.65. The molecule has 1 N–H and O–H groups in total. The second-order valence-corrected chi connectivity index (χ2v) is 6.77. The quantitative estimate of drug-likeness (QED) is 0.612. The molecular formula is C19H16F3N3OS. The van der Waals surface area contributed by atoms with Gasteiger partial charge in [-0.25, -0.2) is 0 Å². The first-order chi connectivity index (χ1) is 12.9. The van der Waals surface area contributed by atoms with Crippen LogP contribution >= 0.6 is 11.8 Å². The highest BCUT2D eigenvalue weighted by molar-refractivity contribution is 7.99. The number of alkyl halides is 3. The number of nitrogens with zero attached hydrogens (tertiary/aromatic N) is 2. The zero-order chi connectivity index (χ0) is 19.3. The van der Waals surface area contributed by atoms with Crippen molar-refractivity contribution in [2.75, 3.05) is 11.1 Å². The number of hydrogen-bond donors (Lipinski definition) is 1. The minimum atomic E-state index is -4.27. The van der Waals surface area contributed by atoms with E-state index in [-0.39, 0.29) is 5.91 Å². The second kappa shape index (κ2) is 8.30. The molecule has 0 saturated heterocycles. The number of rotatable bonds is 6. The van der Waals surface area contributed by atoms with Gasteiger partial charge in [0.15, 0.2) is 0 Å². The molecule has 0 bridgehead atoms. The fraction of sp³-hybridized carbons (Fsp3) is 0.158. The number of carbonyl (C=O) groups is 1. The van der Waals surface area contributed by atoms with Crippen LogP contribution < -0.4 is 5.32 Å². The predicted molar refractivity (Wildman–Crippen MR) is 98.9 cm³/mol. The highest BCUT2D eigenvalue weighted by atomic mass is 32.2. The summed E-state index contributed by atoms with van der Waals surface area (Å²) in [5, 5.41) is 6.81. The van der Waals surface area contributed by atoms with Crippen LogP contribution in [0, 0.1) is 0 Å². The summed E-state index contributed by atoms with van der Waals surface area (Å²) in [5.41, 5.74) is 1.77. The van der Waals surface area contributed by atoms with Crippen LogP contribution in [0.2, 0.25) is 0 Å². The Balaban J connectivity index is 1.66. The maximum atomic E-state index is 12.5. The third kappa shape index (κ3) is 5.62. The number of anilines is 1. The van der Waals surface area contributed by atoms with Crippen LogP contribution in [0.1, 0.15) is 15.9 Å². The van der Waals surface area contributed by atoms with Crippen molar-refractivity contribution < 1.29 is 18.0 Å². The van der Waals surface area contributed by atoms with E-state index in [1.165, 1.54) is 0 Å². The zero-order valence-electron chi connectivity index (χ0n) is 14.1. The number of benzene rings is 2. The highest BCUT2D eigenvalue weighted by Gasteiger charge is 2.27. The molecular weight excluding hydrogens is 375 g/mol. The molecule has 1 amide bonds. The van der Waals surface area contributed by atoms with Crippen molar-refractivity contribution in [1.82, 2.24) is 9.78 Å². The first-order valence-electron chi connectivity index (χ1n) is 8.07. The second-order valence-electron chi connectivity index (χ2n) is 5.75. The summed E-state index contributed by atoms with van der Waals surface area (Å²) in [6.45, 7) is 0.589. The van der Waals surface area contributed by atoms with E-state index in [0.29, 0.717) is 34.5 Å². The lowest BCUT2D eigenvalue weighted by Gasteiger charge is -2.12. The molecule has 0 aliphatic carbocycles. The first kappa shape index (κ1) is 19.0. The summed E-state index contributed by atoms with van der Waals surface area (Å²) in [4.78, 5) is 12.8. The Morgan fingerprint density at radius 2 is 1.81 bits per heavy atom. The Labute approximate surface area is 158 Å². The van der Waals surface area contributed by atoms with Gasteiger partial charge in [-0.2, -0.15) is 18.3 Å². The maximum absolute atomic E-state index is 12.5. The van der Waals surface area contributed by atoms with E-state index in [9.17, 15) is 18.0 Å². The number of aromatic nitrogens is 2. The van der Waals surface area contributed by atoms with E-state index < -0.39 is 11.9 Å². The minimum absolute atomic E-state index is 0.359. The highest BCUT2D eigenvalue weighted by Crippen LogP contribution is 2.32. The summed E-state index contributed by atoms with van der Waals surface area (Å²) >= 11 is 0.646. The first-order valence-corrected chi connectivity index (χ1v) is 9.05. The molecule has 0 aliphatic rings. The van der Waals surface area contributed by atoms with Gasteiger partial charge in [-0.3, -0.25) is 9.48 Å². The van der Waals surface area contributed by atoms with Crippen molar-refractivity contribution in [3.63, 3.8) is 0 Å². The van der Waals surface area contributed by atoms with E-state index in [2.05, 4.69) is 10.4 Å². The van der Waals surface area contributed by atoms with E-state index >= 15 is 0 Å². The molecule has 1 aromatic heterocycles. The number of hydrogen-bond acceptors (Lipinski definition) is 3. The Hall–Kier alpha value is -2.74. The topological polar surface area (TPSA) is 46.9 Å². The van der Waals surface area contributed by atoms with Crippen molar-refractivity contribution in [3.05, 3.63) is 78.1 Å². The number of para-hydroxylation sites is 1. The van der Waals surface area contributed by atoms with Crippen molar-refractivity contribution in [2.24, 2.45) is 0 Å². The predicted octanol–water partition coefficient (Wildman–Crippen LogP) is 4.84. The summed E-state index contributed by atoms with van der Waals surface area (Å²) in [6, 6.07) is 15.3. The van der Waals surface area contributed by atoms with Gasteiger partial charge in [0.2, 0.25) is 0 Å². The molecule has 0 fully saturated rings. The largest absolute Gasteiger partial charge is 0.398 e. The molecule has 0 aliphatic heterocycles. The maximum Gasteiger partial charge on any atom is 0.398 e. The van der Waals surface area contributed by atoms with Crippen LogP contribution in [0.25, 0.3) is 0 Å². The molecule has 3 rings (SSSR count). The lowest BCUT2D eigenvalue weighted by atomic mass is 10.1. The Morgan fingerprint density at radius 1 is 1.07 bits per heavy atom. The molecule has 0 saturated carbocycles. The molecule has 4 nitrogen and oxygen atoms in total. The Kier molecular flexibility index (Phi) is 5.85. The van der Waals surface area contributed by atoms with Crippen LogP contribution in [-0.4, -0.2) is 27.6 Å². The summed E-state index contributed by atoms with van der Waals surface area (Å²) in [5.74, 6) is -1.39. The molecule has 0 unspecified atom stereocenters. The minimum Gasteiger partial charge on any atom is -0.321 e.